The second kappa shape index (κ2) is 4.77. The Morgan fingerprint density at radius 1 is 1.05 bits per heavy atom. The van der Waals surface area contributed by atoms with Crippen molar-refractivity contribution in [1.82, 2.24) is 0 Å². The van der Waals surface area contributed by atoms with Gasteiger partial charge in [0.1, 0.15) is 4.90 Å². The predicted octanol–water partition coefficient (Wildman–Crippen LogP) is 3.55. The fourth-order valence-corrected chi connectivity index (χ4v) is 3.55. The highest BCUT2D eigenvalue weighted by Crippen LogP contribution is 2.30. The molecule has 102 valence electrons. The number of amidine groups is 1. The van der Waals surface area contributed by atoms with E-state index in [1.54, 1.807) is 36.4 Å². The molecular weight excluding hydrogens is 319 g/mol. The lowest BCUT2D eigenvalue weighted by Gasteiger charge is -2.08. The topological polar surface area (TPSA) is 58.5 Å². The number of anilines is 1. The highest BCUT2D eigenvalue weighted by Gasteiger charge is 2.28. The van der Waals surface area contributed by atoms with E-state index < -0.39 is 10.0 Å². The molecule has 1 heterocycles. The molecule has 20 heavy (non-hydrogen) atoms. The summed E-state index contributed by atoms with van der Waals surface area (Å²) in [4.78, 5) is 0.188. The second-order valence-electron chi connectivity index (χ2n) is 4.16. The first-order valence-corrected chi connectivity index (χ1v) is 7.83. The second-order valence-corrected chi connectivity index (χ2v) is 6.58. The summed E-state index contributed by atoms with van der Waals surface area (Å²) in [6.07, 6.45) is 0. The molecule has 7 heteroatoms. The third kappa shape index (κ3) is 2.28. The van der Waals surface area contributed by atoms with Crippen molar-refractivity contribution in [2.75, 3.05) is 5.32 Å². The molecule has 0 radical (unpaired) electrons. The molecule has 4 nitrogen and oxygen atoms in total. The van der Waals surface area contributed by atoms with Gasteiger partial charge in [-0.05, 0) is 30.3 Å². The molecule has 2 aromatic rings. The lowest BCUT2D eigenvalue weighted by molar-refractivity contribution is 0.599. The number of fused-ring (bicyclic) bond motifs is 1. The van der Waals surface area contributed by atoms with E-state index in [2.05, 4.69) is 9.71 Å². The fraction of sp³-hybridized carbons (Fsp3) is 0. The van der Waals surface area contributed by atoms with Crippen LogP contribution in [0.3, 0.4) is 0 Å². The smallest absolute Gasteiger partial charge is 0.285 e. The standard InChI is InChI=1S/C13H8Cl2N2O2S/c14-8-5-6-11(10(15)7-8)16-13-9-3-1-2-4-12(9)20(18,19)17-13/h1-7H,(H,16,17). The Hall–Kier alpha value is -1.56. The van der Waals surface area contributed by atoms with Crippen LogP contribution < -0.4 is 5.32 Å². The highest BCUT2D eigenvalue weighted by atomic mass is 35.5. The van der Waals surface area contributed by atoms with Crippen LogP contribution >= 0.6 is 23.2 Å². The molecule has 2 aromatic carbocycles. The van der Waals surface area contributed by atoms with Gasteiger partial charge in [-0.1, -0.05) is 35.3 Å². The van der Waals surface area contributed by atoms with E-state index in [9.17, 15) is 8.42 Å². The van der Waals surface area contributed by atoms with Gasteiger partial charge in [0.05, 0.1) is 10.7 Å². The van der Waals surface area contributed by atoms with Crippen LogP contribution in [0.1, 0.15) is 5.56 Å². The molecule has 1 N–H and O–H groups in total. The summed E-state index contributed by atoms with van der Waals surface area (Å²) in [6, 6.07) is 11.5. The Kier molecular flexibility index (Phi) is 3.20. The van der Waals surface area contributed by atoms with Gasteiger partial charge >= 0.3 is 0 Å². The Morgan fingerprint density at radius 2 is 1.80 bits per heavy atom. The summed E-state index contributed by atoms with van der Waals surface area (Å²) < 4.78 is 27.6. The molecule has 0 unspecified atom stereocenters. The number of benzene rings is 2. The number of sulfonamides is 1. The molecular formula is C13H8Cl2N2O2S. The van der Waals surface area contributed by atoms with Crippen molar-refractivity contribution in [3.63, 3.8) is 0 Å². The maximum atomic E-state index is 11.9. The van der Waals surface area contributed by atoms with Gasteiger partial charge in [-0.3, -0.25) is 0 Å². The van der Waals surface area contributed by atoms with Gasteiger partial charge < -0.3 is 5.32 Å². The quantitative estimate of drug-likeness (QED) is 0.871. The molecule has 0 atom stereocenters. The van der Waals surface area contributed by atoms with Crippen molar-refractivity contribution in [3.05, 3.63) is 58.1 Å². The Balaban J connectivity index is 2.05. The SMILES string of the molecule is O=S1(=O)N=C(Nc2ccc(Cl)cc2Cl)c2ccccc21. The van der Waals surface area contributed by atoms with Gasteiger partial charge in [-0.2, -0.15) is 8.42 Å². The average Bonchev–Trinajstić information content (AvgIpc) is 2.65. The van der Waals surface area contributed by atoms with Crippen LogP contribution in [0.2, 0.25) is 10.0 Å². The molecule has 0 spiro atoms. The van der Waals surface area contributed by atoms with Crippen LogP contribution in [0.15, 0.2) is 51.8 Å². The van der Waals surface area contributed by atoms with Crippen molar-refractivity contribution >= 4 is 44.7 Å². The summed E-state index contributed by atoms with van der Waals surface area (Å²) in [5.41, 5.74) is 1.07. The number of nitrogens with zero attached hydrogens (tertiary/aromatic N) is 1. The molecule has 0 amide bonds. The van der Waals surface area contributed by atoms with Crippen molar-refractivity contribution < 1.29 is 8.42 Å². The van der Waals surface area contributed by atoms with Crippen LogP contribution in [-0.4, -0.2) is 14.3 Å². The lowest BCUT2D eigenvalue weighted by Crippen LogP contribution is -2.11. The Bertz CT molecular complexity index is 832. The van der Waals surface area contributed by atoms with E-state index in [4.69, 9.17) is 23.2 Å². The zero-order valence-electron chi connectivity index (χ0n) is 9.97. The molecule has 0 bridgehead atoms. The van der Waals surface area contributed by atoms with Gasteiger partial charge in [0, 0.05) is 10.6 Å². The molecule has 0 saturated carbocycles. The summed E-state index contributed by atoms with van der Waals surface area (Å²) >= 11 is 11.9. The maximum Gasteiger partial charge on any atom is 0.285 e. The molecule has 0 aliphatic carbocycles. The number of nitrogens with one attached hydrogen (secondary N) is 1. The number of hydrogen-bond donors (Lipinski definition) is 1. The first kappa shape index (κ1) is 13.4. The van der Waals surface area contributed by atoms with Crippen molar-refractivity contribution in [1.29, 1.82) is 0 Å². The van der Waals surface area contributed by atoms with Crippen LogP contribution in [0, 0.1) is 0 Å². The molecule has 1 aliphatic rings. The van der Waals surface area contributed by atoms with E-state index in [1.165, 1.54) is 6.07 Å². The predicted molar refractivity (Wildman–Crippen MR) is 80.2 cm³/mol. The highest BCUT2D eigenvalue weighted by molar-refractivity contribution is 7.90. The minimum Gasteiger partial charge on any atom is -0.338 e. The lowest BCUT2D eigenvalue weighted by atomic mass is 10.2. The zero-order valence-corrected chi connectivity index (χ0v) is 12.3. The van der Waals surface area contributed by atoms with Crippen LogP contribution in [0.4, 0.5) is 5.69 Å². The Morgan fingerprint density at radius 3 is 2.55 bits per heavy atom. The molecule has 0 saturated heterocycles. The first-order chi connectivity index (χ1) is 9.47. The first-order valence-electron chi connectivity index (χ1n) is 5.64. The summed E-state index contributed by atoms with van der Waals surface area (Å²) in [6.45, 7) is 0. The summed E-state index contributed by atoms with van der Waals surface area (Å²) in [7, 11) is -3.64. The summed E-state index contributed by atoms with van der Waals surface area (Å²) in [5.74, 6) is 0.254. The van der Waals surface area contributed by atoms with E-state index in [0.717, 1.165) is 0 Å². The van der Waals surface area contributed by atoms with Gasteiger partial charge in [0.2, 0.25) is 0 Å². The summed E-state index contributed by atoms with van der Waals surface area (Å²) in [5, 5.41) is 3.82. The minimum atomic E-state index is -3.64. The fourth-order valence-electron chi connectivity index (χ4n) is 1.91. The van der Waals surface area contributed by atoms with E-state index in [0.29, 0.717) is 21.3 Å². The van der Waals surface area contributed by atoms with E-state index >= 15 is 0 Å². The van der Waals surface area contributed by atoms with Gasteiger partial charge in [-0.25, -0.2) is 0 Å². The number of rotatable bonds is 1. The van der Waals surface area contributed by atoms with Gasteiger partial charge in [0.15, 0.2) is 5.84 Å². The third-order valence-corrected chi connectivity index (χ3v) is 4.70. The monoisotopic (exact) mass is 326 g/mol. The average molecular weight is 327 g/mol. The van der Waals surface area contributed by atoms with Gasteiger partial charge in [-0.15, -0.1) is 4.40 Å². The van der Waals surface area contributed by atoms with Crippen LogP contribution in [0.5, 0.6) is 0 Å². The normalized spacial score (nSPS) is 15.6. The number of hydrogen-bond acceptors (Lipinski definition) is 3. The molecule has 3 rings (SSSR count). The van der Waals surface area contributed by atoms with Crippen molar-refractivity contribution in [2.24, 2.45) is 4.40 Å². The molecule has 0 aromatic heterocycles. The van der Waals surface area contributed by atoms with Crippen LogP contribution in [-0.2, 0) is 10.0 Å². The maximum absolute atomic E-state index is 11.9. The van der Waals surface area contributed by atoms with Gasteiger partial charge in [0.25, 0.3) is 10.0 Å². The Labute approximate surface area is 126 Å². The van der Waals surface area contributed by atoms with Crippen molar-refractivity contribution in [2.45, 2.75) is 4.90 Å². The third-order valence-electron chi connectivity index (χ3n) is 2.82. The molecule has 1 aliphatic heterocycles. The van der Waals surface area contributed by atoms with E-state index in [1.807, 2.05) is 0 Å². The zero-order chi connectivity index (χ0) is 14.3. The van der Waals surface area contributed by atoms with Crippen molar-refractivity contribution in [3.8, 4) is 0 Å². The minimum absolute atomic E-state index is 0.188. The number of halogens is 2. The van der Waals surface area contributed by atoms with Crippen LogP contribution in [0.25, 0.3) is 0 Å². The van der Waals surface area contributed by atoms with E-state index in [-0.39, 0.29) is 10.7 Å². The molecule has 0 fully saturated rings. The largest absolute Gasteiger partial charge is 0.338 e.